The molecule has 1 amide bonds. The lowest BCUT2D eigenvalue weighted by Crippen LogP contribution is -2.45. The van der Waals surface area contributed by atoms with E-state index in [1.807, 2.05) is 12.3 Å². The summed E-state index contributed by atoms with van der Waals surface area (Å²) < 4.78 is 5.86. The van der Waals surface area contributed by atoms with E-state index in [0.717, 1.165) is 75.8 Å². The van der Waals surface area contributed by atoms with Crippen molar-refractivity contribution in [3.05, 3.63) is 23.9 Å². The van der Waals surface area contributed by atoms with E-state index < -0.39 is 0 Å². The molecule has 8 nitrogen and oxygen atoms in total. The van der Waals surface area contributed by atoms with Crippen molar-refractivity contribution in [1.82, 2.24) is 15.6 Å². The van der Waals surface area contributed by atoms with Crippen LogP contribution in [0.15, 0.2) is 23.3 Å². The minimum Gasteiger partial charge on any atom is -0.373 e. The zero-order valence-corrected chi connectivity index (χ0v) is 20.4. The topological polar surface area (TPSA) is 105 Å². The number of hydrogen-bond donors (Lipinski definition) is 3. The summed E-state index contributed by atoms with van der Waals surface area (Å²) in [5, 5.41) is 6.73. The average Bonchev–Trinajstić information content (AvgIpc) is 3.17. The van der Waals surface area contributed by atoms with E-state index >= 15 is 0 Å². The minimum atomic E-state index is -0.197. The molecule has 1 aromatic heterocycles. The quantitative estimate of drug-likeness (QED) is 0.283. The number of amides is 1. The SMILES string of the molecule is CCNC(=NCc1cccnc1N1CCC(C(N)=O)CC1)NCC1(C)CCCO1.I. The van der Waals surface area contributed by atoms with Crippen molar-refractivity contribution in [2.75, 3.05) is 37.7 Å². The number of hydrogen-bond acceptors (Lipinski definition) is 5. The highest BCUT2D eigenvalue weighted by molar-refractivity contribution is 14.0. The Morgan fingerprint density at radius 1 is 1.40 bits per heavy atom. The molecule has 2 fully saturated rings. The number of halogens is 1. The van der Waals surface area contributed by atoms with Crippen molar-refractivity contribution in [3.63, 3.8) is 0 Å². The number of primary amides is 1. The summed E-state index contributed by atoms with van der Waals surface area (Å²) in [5.74, 6) is 1.50. The van der Waals surface area contributed by atoms with Crippen molar-refractivity contribution in [3.8, 4) is 0 Å². The molecule has 0 bridgehead atoms. The third-order valence-electron chi connectivity index (χ3n) is 5.75. The van der Waals surface area contributed by atoms with Crippen LogP contribution in [0.3, 0.4) is 0 Å². The van der Waals surface area contributed by atoms with Gasteiger partial charge < -0.3 is 26.0 Å². The molecule has 0 spiro atoms. The third kappa shape index (κ3) is 6.69. The van der Waals surface area contributed by atoms with E-state index in [1.54, 1.807) is 0 Å². The van der Waals surface area contributed by atoms with Crippen LogP contribution in [0.2, 0.25) is 0 Å². The molecule has 168 valence electrons. The molecule has 1 atom stereocenters. The van der Waals surface area contributed by atoms with Gasteiger partial charge in [0, 0.05) is 50.5 Å². The molecule has 30 heavy (non-hydrogen) atoms. The number of ether oxygens (including phenoxy) is 1. The number of pyridine rings is 1. The molecular formula is C21H35IN6O2. The summed E-state index contributed by atoms with van der Waals surface area (Å²) >= 11 is 0. The number of nitrogens with zero attached hydrogens (tertiary/aromatic N) is 3. The van der Waals surface area contributed by atoms with E-state index in [9.17, 15) is 4.79 Å². The minimum absolute atomic E-state index is 0. The van der Waals surface area contributed by atoms with Crippen LogP contribution >= 0.6 is 24.0 Å². The Balaban J connectivity index is 0.00000320. The van der Waals surface area contributed by atoms with Gasteiger partial charge in [-0.1, -0.05) is 6.07 Å². The van der Waals surface area contributed by atoms with Crippen molar-refractivity contribution in [2.45, 2.75) is 51.7 Å². The molecule has 9 heteroatoms. The molecule has 2 aliphatic rings. The standard InChI is InChI=1S/C21H34N6O2.HI/c1-3-23-20(26-15-21(2)9-5-13-29-21)25-14-17-6-4-10-24-19(17)27-11-7-16(8-12-27)18(22)28;/h4,6,10,16H,3,5,7-9,11-15H2,1-2H3,(H2,22,28)(H2,23,25,26);1H. The van der Waals surface area contributed by atoms with Crippen LogP contribution in [0.4, 0.5) is 5.82 Å². The Morgan fingerprint density at radius 3 is 2.80 bits per heavy atom. The van der Waals surface area contributed by atoms with Gasteiger partial charge in [-0.25, -0.2) is 9.98 Å². The highest BCUT2D eigenvalue weighted by Crippen LogP contribution is 2.25. The van der Waals surface area contributed by atoms with Crippen molar-refractivity contribution in [1.29, 1.82) is 0 Å². The molecule has 2 saturated heterocycles. The summed E-state index contributed by atoms with van der Waals surface area (Å²) in [6, 6.07) is 4.01. The number of nitrogens with two attached hydrogens (primary N) is 1. The van der Waals surface area contributed by atoms with Crippen LogP contribution in [0.1, 0.15) is 45.1 Å². The van der Waals surface area contributed by atoms with Gasteiger partial charge in [0.1, 0.15) is 5.82 Å². The molecule has 3 rings (SSSR count). The second-order valence-corrected chi connectivity index (χ2v) is 8.10. The van der Waals surface area contributed by atoms with Gasteiger partial charge in [0.25, 0.3) is 0 Å². The van der Waals surface area contributed by atoms with Crippen LogP contribution in [0.25, 0.3) is 0 Å². The smallest absolute Gasteiger partial charge is 0.220 e. The summed E-state index contributed by atoms with van der Waals surface area (Å²) in [6.07, 6.45) is 5.53. The summed E-state index contributed by atoms with van der Waals surface area (Å²) in [7, 11) is 0. The van der Waals surface area contributed by atoms with Crippen LogP contribution in [-0.4, -0.2) is 55.2 Å². The first-order valence-electron chi connectivity index (χ1n) is 10.6. The number of guanidine groups is 1. The van der Waals surface area contributed by atoms with E-state index in [-0.39, 0.29) is 41.4 Å². The molecule has 3 heterocycles. The highest BCUT2D eigenvalue weighted by Gasteiger charge is 2.29. The zero-order chi connectivity index (χ0) is 20.7. The Kier molecular flexibility index (Phi) is 9.60. The Hall–Kier alpha value is -1.62. The van der Waals surface area contributed by atoms with Crippen molar-refractivity contribution in [2.24, 2.45) is 16.6 Å². The van der Waals surface area contributed by atoms with Crippen LogP contribution in [0, 0.1) is 5.92 Å². The summed E-state index contributed by atoms with van der Waals surface area (Å²) in [4.78, 5) is 23.0. The summed E-state index contributed by atoms with van der Waals surface area (Å²) in [6.45, 7) is 8.67. The molecule has 0 radical (unpaired) electrons. The maximum Gasteiger partial charge on any atom is 0.220 e. The number of carbonyl (C=O) groups is 1. The molecule has 1 unspecified atom stereocenters. The predicted octanol–water partition coefficient (Wildman–Crippen LogP) is 2.03. The molecule has 0 aromatic carbocycles. The molecule has 0 saturated carbocycles. The van der Waals surface area contributed by atoms with Crippen molar-refractivity contribution >= 4 is 41.7 Å². The van der Waals surface area contributed by atoms with Crippen LogP contribution < -0.4 is 21.3 Å². The zero-order valence-electron chi connectivity index (χ0n) is 18.0. The molecule has 0 aliphatic carbocycles. The predicted molar refractivity (Wildman–Crippen MR) is 130 cm³/mol. The fraction of sp³-hybridized carbons (Fsp3) is 0.667. The number of piperidine rings is 1. The first kappa shape index (κ1) is 24.6. The van der Waals surface area contributed by atoms with Gasteiger partial charge >= 0.3 is 0 Å². The fourth-order valence-corrected chi connectivity index (χ4v) is 3.97. The number of aliphatic imine (C=N–C) groups is 1. The average molecular weight is 530 g/mol. The molecule has 4 N–H and O–H groups in total. The van der Waals surface area contributed by atoms with E-state index in [0.29, 0.717) is 6.54 Å². The Morgan fingerprint density at radius 2 is 2.17 bits per heavy atom. The van der Waals surface area contributed by atoms with E-state index in [2.05, 4.69) is 40.4 Å². The first-order valence-corrected chi connectivity index (χ1v) is 10.6. The van der Waals surface area contributed by atoms with Gasteiger partial charge in [-0.15, -0.1) is 24.0 Å². The van der Waals surface area contributed by atoms with E-state index in [4.69, 9.17) is 15.5 Å². The lowest BCUT2D eigenvalue weighted by atomic mass is 9.96. The number of nitrogens with one attached hydrogen (secondary N) is 2. The molecule has 1 aromatic rings. The Labute approximate surface area is 196 Å². The fourth-order valence-electron chi connectivity index (χ4n) is 3.97. The van der Waals surface area contributed by atoms with Crippen LogP contribution in [0.5, 0.6) is 0 Å². The van der Waals surface area contributed by atoms with Crippen molar-refractivity contribution < 1.29 is 9.53 Å². The van der Waals surface area contributed by atoms with Gasteiger partial charge in [0.05, 0.1) is 12.1 Å². The highest BCUT2D eigenvalue weighted by atomic mass is 127. The Bertz CT molecular complexity index is 715. The second kappa shape index (κ2) is 11.7. The van der Waals surface area contributed by atoms with Gasteiger partial charge in [0.15, 0.2) is 5.96 Å². The maximum absolute atomic E-state index is 11.4. The summed E-state index contributed by atoms with van der Waals surface area (Å²) in [5.41, 5.74) is 6.41. The first-order chi connectivity index (χ1) is 14.0. The monoisotopic (exact) mass is 530 g/mol. The van der Waals surface area contributed by atoms with Crippen LogP contribution in [-0.2, 0) is 16.1 Å². The second-order valence-electron chi connectivity index (χ2n) is 8.10. The lowest BCUT2D eigenvalue weighted by Gasteiger charge is -2.32. The lowest BCUT2D eigenvalue weighted by molar-refractivity contribution is -0.122. The number of carbonyl (C=O) groups excluding carboxylic acids is 1. The van der Waals surface area contributed by atoms with Gasteiger partial charge in [-0.3, -0.25) is 4.79 Å². The normalized spacial score (nSPS) is 22.5. The largest absolute Gasteiger partial charge is 0.373 e. The van der Waals surface area contributed by atoms with Gasteiger partial charge in [-0.05, 0) is 45.6 Å². The number of anilines is 1. The number of aromatic nitrogens is 1. The van der Waals surface area contributed by atoms with E-state index in [1.165, 1.54) is 0 Å². The number of rotatable bonds is 7. The third-order valence-corrected chi connectivity index (χ3v) is 5.75. The van der Waals surface area contributed by atoms with Gasteiger partial charge in [0.2, 0.25) is 5.91 Å². The van der Waals surface area contributed by atoms with Gasteiger partial charge in [-0.2, -0.15) is 0 Å². The maximum atomic E-state index is 11.4. The molecular weight excluding hydrogens is 495 g/mol. The molecule has 2 aliphatic heterocycles.